The van der Waals surface area contributed by atoms with Crippen LogP contribution in [0.15, 0.2) is 10.5 Å². The van der Waals surface area contributed by atoms with Crippen LogP contribution in [0.2, 0.25) is 0 Å². The molecular formula is C15H28N2O2. The minimum atomic E-state index is 0.0359. The fourth-order valence-corrected chi connectivity index (χ4v) is 1.62. The Morgan fingerprint density at radius 3 is 2.63 bits per heavy atom. The molecule has 19 heavy (non-hydrogen) atoms. The molecule has 1 aromatic rings. The van der Waals surface area contributed by atoms with Gasteiger partial charge >= 0.3 is 0 Å². The van der Waals surface area contributed by atoms with Gasteiger partial charge in [-0.3, -0.25) is 0 Å². The van der Waals surface area contributed by atoms with E-state index in [0.717, 1.165) is 24.6 Å². The molecule has 1 N–H and O–H groups in total. The average Bonchev–Trinajstić information content (AvgIpc) is 2.67. The van der Waals surface area contributed by atoms with Crippen LogP contribution in [0.25, 0.3) is 0 Å². The first-order valence-corrected chi connectivity index (χ1v) is 6.91. The second kappa shape index (κ2) is 7.08. The highest BCUT2D eigenvalue weighted by molar-refractivity contribution is 5.20. The molecule has 0 aliphatic rings. The first-order chi connectivity index (χ1) is 8.86. The molecule has 0 radical (unpaired) electrons. The molecule has 0 saturated carbocycles. The van der Waals surface area contributed by atoms with Crippen molar-refractivity contribution in [2.45, 2.75) is 46.4 Å². The van der Waals surface area contributed by atoms with Crippen LogP contribution in [0.4, 0.5) is 0 Å². The standard InChI is InChI=1S/C15H28N2O2/c1-7-16-9-13-8-14(19-12(13)2)10-18-11-15(3,4)17(5)6/h8,16H,7,9-11H2,1-6H3. The maximum absolute atomic E-state index is 5.76. The number of furan rings is 1. The van der Waals surface area contributed by atoms with Gasteiger partial charge in [0.15, 0.2) is 0 Å². The van der Waals surface area contributed by atoms with Crippen molar-refractivity contribution in [3.8, 4) is 0 Å². The van der Waals surface area contributed by atoms with Crippen LogP contribution in [0, 0.1) is 6.92 Å². The van der Waals surface area contributed by atoms with E-state index in [0.29, 0.717) is 13.2 Å². The van der Waals surface area contributed by atoms with E-state index < -0.39 is 0 Å². The van der Waals surface area contributed by atoms with E-state index in [9.17, 15) is 0 Å². The summed E-state index contributed by atoms with van der Waals surface area (Å²) in [5.74, 6) is 1.88. The lowest BCUT2D eigenvalue weighted by molar-refractivity contribution is 0.0207. The highest BCUT2D eigenvalue weighted by Crippen LogP contribution is 2.17. The minimum Gasteiger partial charge on any atom is -0.464 e. The largest absolute Gasteiger partial charge is 0.464 e. The highest BCUT2D eigenvalue weighted by atomic mass is 16.5. The molecule has 0 aliphatic carbocycles. The topological polar surface area (TPSA) is 37.6 Å². The lowest BCUT2D eigenvalue weighted by Crippen LogP contribution is -2.42. The molecule has 1 heterocycles. The molecule has 1 aromatic heterocycles. The summed E-state index contributed by atoms with van der Waals surface area (Å²) in [6.45, 7) is 11.5. The molecule has 0 aromatic carbocycles. The van der Waals surface area contributed by atoms with E-state index in [2.05, 4.69) is 51.1 Å². The van der Waals surface area contributed by atoms with Gasteiger partial charge in [-0.15, -0.1) is 0 Å². The van der Waals surface area contributed by atoms with Crippen molar-refractivity contribution in [3.63, 3.8) is 0 Å². The molecule has 4 nitrogen and oxygen atoms in total. The molecule has 0 aliphatic heterocycles. The zero-order chi connectivity index (χ0) is 14.5. The molecule has 0 amide bonds. The zero-order valence-corrected chi connectivity index (χ0v) is 13.2. The highest BCUT2D eigenvalue weighted by Gasteiger charge is 2.20. The van der Waals surface area contributed by atoms with Crippen molar-refractivity contribution in [2.24, 2.45) is 0 Å². The van der Waals surface area contributed by atoms with Gasteiger partial charge in [-0.2, -0.15) is 0 Å². The summed E-state index contributed by atoms with van der Waals surface area (Å²) in [6, 6.07) is 2.08. The molecule has 4 heteroatoms. The van der Waals surface area contributed by atoms with Crippen LogP contribution in [0.1, 0.15) is 37.9 Å². The van der Waals surface area contributed by atoms with Crippen molar-refractivity contribution >= 4 is 0 Å². The van der Waals surface area contributed by atoms with Crippen LogP contribution in [-0.2, 0) is 17.9 Å². The summed E-state index contributed by atoms with van der Waals surface area (Å²) in [5.41, 5.74) is 1.25. The van der Waals surface area contributed by atoms with E-state index in [1.807, 2.05) is 6.92 Å². The lowest BCUT2D eigenvalue weighted by atomic mass is 10.1. The molecule has 0 unspecified atom stereocenters. The Hall–Kier alpha value is -0.840. The Morgan fingerprint density at radius 2 is 2.05 bits per heavy atom. The van der Waals surface area contributed by atoms with Crippen molar-refractivity contribution < 1.29 is 9.15 Å². The number of likely N-dealkylation sites (N-methyl/N-ethyl adjacent to an activating group) is 1. The van der Waals surface area contributed by atoms with Gasteiger partial charge in [0, 0.05) is 17.6 Å². The SMILES string of the molecule is CCNCc1cc(COCC(C)(C)N(C)C)oc1C. The van der Waals surface area contributed by atoms with Crippen LogP contribution < -0.4 is 5.32 Å². The number of rotatable bonds is 8. The summed E-state index contributed by atoms with van der Waals surface area (Å²) >= 11 is 0. The maximum Gasteiger partial charge on any atom is 0.130 e. The second-order valence-corrected chi connectivity index (χ2v) is 5.77. The molecule has 0 fully saturated rings. The molecule has 0 atom stereocenters. The number of aryl methyl sites for hydroxylation is 1. The van der Waals surface area contributed by atoms with E-state index in [1.54, 1.807) is 0 Å². The third-order valence-corrected chi connectivity index (χ3v) is 3.55. The maximum atomic E-state index is 5.76. The van der Waals surface area contributed by atoms with Gasteiger partial charge in [0.1, 0.15) is 18.1 Å². The van der Waals surface area contributed by atoms with Crippen LogP contribution in [0.5, 0.6) is 0 Å². The molecular weight excluding hydrogens is 240 g/mol. The molecule has 1 rings (SSSR count). The third-order valence-electron chi connectivity index (χ3n) is 3.55. The first kappa shape index (κ1) is 16.2. The first-order valence-electron chi connectivity index (χ1n) is 6.91. The van der Waals surface area contributed by atoms with Gasteiger partial charge < -0.3 is 19.4 Å². The van der Waals surface area contributed by atoms with Crippen LogP contribution in [-0.4, -0.2) is 37.7 Å². The lowest BCUT2D eigenvalue weighted by Gasteiger charge is -2.31. The predicted octanol–water partition coefficient (Wildman–Crippen LogP) is 2.55. The molecule has 0 bridgehead atoms. The quantitative estimate of drug-likeness (QED) is 0.786. The van der Waals surface area contributed by atoms with Gasteiger partial charge in [0.2, 0.25) is 0 Å². The molecule has 0 saturated heterocycles. The van der Waals surface area contributed by atoms with E-state index in [1.165, 1.54) is 5.56 Å². The van der Waals surface area contributed by atoms with Crippen molar-refractivity contribution in [1.82, 2.24) is 10.2 Å². The number of nitrogens with zero attached hydrogens (tertiary/aromatic N) is 1. The number of hydrogen-bond donors (Lipinski definition) is 1. The van der Waals surface area contributed by atoms with Gasteiger partial charge in [0.05, 0.1) is 6.61 Å². The Balaban J connectivity index is 2.46. The Kier molecular flexibility index (Phi) is 6.04. The van der Waals surface area contributed by atoms with E-state index >= 15 is 0 Å². The summed E-state index contributed by atoms with van der Waals surface area (Å²) in [6.07, 6.45) is 0. The normalized spacial score (nSPS) is 12.4. The van der Waals surface area contributed by atoms with E-state index in [4.69, 9.17) is 9.15 Å². The van der Waals surface area contributed by atoms with Crippen LogP contribution >= 0.6 is 0 Å². The smallest absolute Gasteiger partial charge is 0.130 e. The third kappa shape index (κ3) is 4.97. The monoisotopic (exact) mass is 268 g/mol. The Morgan fingerprint density at radius 1 is 1.37 bits per heavy atom. The zero-order valence-electron chi connectivity index (χ0n) is 13.2. The summed E-state index contributed by atoms with van der Waals surface area (Å²) in [5, 5.41) is 3.31. The number of nitrogens with one attached hydrogen (secondary N) is 1. The predicted molar refractivity (Wildman–Crippen MR) is 78.2 cm³/mol. The van der Waals surface area contributed by atoms with Crippen molar-refractivity contribution in [3.05, 3.63) is 23.2 Å². The van der Waals surface area contributed by atoms with Gasteiger partial charge in [-0.25, -0.2) is 0 Å². The van der Waals surface area contributed by atoms with Gasteiger partial charge in [0.25, 0.3) is 0 Å². The van der Waals surface area contributed by atoms with Crippen LogP contribution in [0.3, 0.4) is 0 Å². The molecule has 110 valence electrons. The van der Waals surface area contributed by atoms with E-state index in [-0.39, 0.29) is 5.54 Å². The number of hydrogen-bond acceptors (Lipinski definition) is 4. The summed E-state index contributed by atoms with van der Waals surface area (Å²) < 4.78 is 11.5. The van der Waals surface area contributed by atoms with Crippen molar-refractivity contribution in [2.75, 3.05) is 27.2 Å². The average molecular weight is 268 g/mol. The fraction of sp³-hybridized carbons (Fsp3) is 0.733. The number of ether oxygens (including phenoxy) is 1. The second-order valence-electron chi connectivity index (χ2n) is 5.77. The van der Waals surface area contributed by atoms with Gasteiger partial charge in [-0.1, -0.05) is 6.92 Å². The summed E-state index contributed by atoms with van der Waals surface area (Å²) in [7, 11) is 4.13. The minimum absolute atomic E-state index is 0.0359. The molecule has 0 spiro atoms. The van der Waals surface area contributed by atoms with Crippen molar-refractivity contribution in [1.29, 1.82) is 0 Å². The van der Waals surface area contributed by atoms with Gasteiger partial charge in [-0.05, 0) is 47.5 Å². The summed E-state index contributed by atoms with van der Waals surface area (Å²) in [4.78, 5) is 2.16. The fourth-order valence-electron chi connectivity index (χ4n) is 1.62. The Bertz CT molecular complexity index is 383. The Labute approximate surface area is 117 Å².